The summed E-state index contributed by atoms with van der Waals surface area (Å²) in [5, 5.41) is 8.51. The van der Waals surface area contributed by atoms with E-state index in [2.05, 4.69) is 28.6 Å². The average molecular weight is 262 g/mol. The Labute approximate surface area is 116 Å². The maximum atomic E-state index is 5.86. The first-order valence-corrected chi connectivity index (χ1v) is 7.55. The number of nitrogens with one attached hydrogen (secondary N) is 1. The van der Waals surface area contributed by atoms with Crippen molar-refractivity contribution in [1.29, 1.82) is 0 Å². The fourth-order valence-corrected chi connectivity index (χ4v) is 3.20. The van der Waals surface area contributed by atoms with Crippen molar-refractivity contribution < 1.29 is 0 Å². The lowest BCUT2D eigenvalue weighted by atomic mass is 9.86. The zero-order valence-electron chi connectivity index (χ0n) is 12.2. The maximum absolute atomic E-state index is 5.86. The Hall–Kier alpha value is -1.00. The van der Waals surface area contributed by atoms with Crippen molar-refractivity contribution in [2.24, 2.45) is 11.8 Å². The van der Waals surface area contributed by atoms with E-state index in [1.807, 2.05) is 6.92 Å². The third-order valence-electron chi connectivity index (χ3n) is 4.25. The smallest absolute Gasteiger partial charge is 0.0676 e. The first-order chi connectivity index (χ1) is 9.26. The third kappa shape index (κ3) is 3.51. The summed E-state index contributed by atoms with van der Waals surface area (Å²) >= 11 is 0. The molecule has 0 amide bonds. The molecule has 1 aliphatic carbocycles. The van der Waals surface area contributed by atoms with Crippen molar-refractivity contribution in [3.63, 3.8) is 0 Å². The van der Waals surface area contributed by atoms with Crippen LogP contribution in [0.15, 0.2) is 6.07 Å². The minimum Gasteiger partial charge on any atom is -0.271 e. The van der Waals surface area contributed by atoms with Gasteiger partial charge in [-0.2, -0.15) is 10.2 Å². The van der Waals surface area contributed by atoms with Crippen LogP contribution in [0.25, 0.3) is 0 Å². The van der Waals surface area contributed by atoms with E-state index in [0.29, 0.717) is 5.92 Å². The van der Waals surface area contributed by atoms with Gasteiger partial charge in [-0.15, -0.1) is 0 Å². The van der Waals surface area contributed by atoms with Crippen molar-refractivity contribution in [1.82, 2.24) is 15.6 Å². The SMILES string of the molecule is CCc1nnc(C)cc1C(NN)C1CCCCCC1. The molecule has 106 valence electrons. The molecule has 19 heavy (non-hydrogen) atoms. The van der Waals surface area contributed by atoms with Crippen molar-refractivity contribution in [2.45, 2.75) is 64.8 Å². The summed E-state index contributed by atoms with van der Waals surface area (Å²) in [6, 6.07) is 2.38. The van der Waals surface area contributed by atoms with E-state index in [1.165, 1.54) is 44.1 Å². The molecule has 0 aliphatic heterocycles. The van der Waals surface area contributed by atoms with E-state index in [9.17, 15) is 0 Å². The largest absolute Gasteiger partial charge is 0.271 e. The van der Waals surface area contributed by atoms with Crippen LogP contribution in [0.4, 0.5) is 0 Å². The molecule has 4 heteroatoms. The van der Waals surface area contributed by atoms with Gasteiger partial charge in [0.15, 0.2) is 0 Å². The second kappa shape index (κ2) is 6.96. The van der Waals surface area contributed by atoms with Crippen LogP contribution in [0.3, 0.4) is 0 Å². The minimum atomic E-state index is 0.224. The van der Waals surface area contributed by atoms with Gasteiger partial charge < -0.3 is 0 Å². The zero-order valence-corrected chi connectivity index (χ0v) is 12.2. The molecule has 1 aliphatic rings. The topological polar surface area (TPSA) is 63.8 Å². The lowest BCUT2D eigenvalue weighted by Gasteiger charge is -2.27. The molecule has 4 nitrogen and oxygen atoms in total. The maximum Gasteiger partial charge on any atom is 0.0676 e. The Morgan fingerprint density at radius 2 is 1.95 bits per heavy atom. The summed E-state index contributed by atoms with van der Waals surface area (Å²) in [5.74, 6) is 6.49. The van der Waals surface area contributed by atoms with Crippen LogP contribution in [0.5, 0.6) is 0 Å². The number of hydrogen-bond donors (Lipinski definition) is 2. The number of hydrazine groups is 1. The van der Waals surface area contributed by atoms with Crippen molar-refractivity contribution >= 4 is 0 Å². The van der Waals surface area contributed by atoms with E-state index in [0.717, 1.165) is 17.8 Å². The van der Waals surface area contributed by atoms with Crippen LogP contribution >= 0.6 is 0 Å². The second-order valence-corrected chi connectivity index (χ2v) is 5.64. The summed E-state index contributed by atoms with van der Waals surface area (Å²) in [6.45, 7) is 4.13. The molecule has 0 spiro atoms. The van der Waals surface area contributed by atoms with Gasteiger partial charge in [0.2, 0.25) is 0 Å². The van der Waals surface area contributed by atoms with E-state index in [4.69, 9.17) is 5.84 Å². The summed E-state index contributed by atoms with van der Waals surface area (Å²) in [7, 11) is 0. The molecular formula is C15H26N4. The molecule has 1 unspecified atom stereocenters. The molecule has 1 saturated carbocycles. The van der Waals surface area contributed by atoms with Crippen LogP contribution < -0.4 is 11.3 Å². The Balaban J connectivity index is 2.26. The molecule has 3 N–H and O–H groups in total. The molecule has 1 heterocycles. The third-order valence-corrected chi connectivity index (χ3v) is 4.25. The quantitative estimate of drug-likeness (QED) is 0.497. The van der Waals surface area contributed by atoms with Gasteiger partial charge in [-0.25, -0.2) is 0 Å². The number of rotatable bonds is 4. The molecule has 0 aromatic carbocycles. The number of aryl methyl sites for hydroxylation is 2. The molecule has 0 saturated heterocycles. The average Bonchev–Trinajstić information content (AvgIpc) is 2.69. The van der Waals surface area contributed by atoms with Gasteiger partial charge in [-0.3, -0.25) is 11.3 Å². The van der Waals surface area contributed by atoms with Crippen LogP contribution in [0.2, 0.25) is 0 Å². The summed E-state index contributed by atoms with van der Waals surface area (Å²) in [4.78, 5) is 0. The highest BCUT2D eigenvalue weighted by Gasteiger charge is 2.25. The zero-order chi connectivity index (χ0) is 13.7. The van der Waals surface area contributed by atoms with Crippen molar-refractivity contribution in [2.75, 3.05) is 0 Å². The molecule has 1 aromatic rings. The molecule has 2 rings (SSSR count). The van der Waals surface area contributed by atoms with Crippen LogP contribution in [0, 0.1) is 12.8 Å². The van der Waals surface area contributed by atoms with E-state index < -0.39 is 0 Å². The predicted octanol–water partition coefficient (Wildman–Crippen LogP) is 2.82. The molecular weight excluding hydrogens is 236 g/mol. The normalized spacial score (nSPS) is 19.1. The molecule has 1 atom stereocenters. The van der Waals surface area contributed by atoms with Gasteiger partial charge in [0.25, 0.3) is 0 Å². The second-order valence-electron chi connectivity index (χ2n) is 5.64. The van der Waals surface area contributed by atoms with Gasteiger partial charge in [0.05, 0.1) is 17.4 Å². The molecule has 0 bridgehead atoms. The lowest BCUT2D eigenvalue weighted by molar-refractivity contribution is 0.326. The fourth-order valence-electron chi connectivity index (χ4n) is 3.20. The lowest BCUT2D eigenvalue weighted by Crippen LogP contribution is -2.34. The van der Waals surface area contributed by atoms with E-state index in [1.54, 1.807) is 0 Å². The number of aromatic nitrogens is 2. The van der Waals surface area contributed by atoms with Crippen LogP contribution in [0.1, 0.15) is 68.4 Å². The first-order valence-electron chi connectivity index (χ1n) is 7.55. The number of hydrogen-bond acceptors (Lipinski definition) is 4. The van der Waals surface area contributed by atoms with E-state index >= 15 is 0 Å². The van der Waals surface area contributed by atoms with Gasteiger partial charge >= 0.3 is 0 Å². The Morgan fingerprint density at radius 1 is 1.26 bits per heavy atom. The van der Waals surface area contributed by atoms with E-state index in [-0.39, 0.29) is 6.04 Å². The Kier molecular flexibility index (Phi) is 5.28. The highest BCUT2D eigenvalue weighted by Crippen LogP contribution is 2.34. The molecule has 0 radical (unpaired) electrons. The fraction of sp³-hybridized carbons (Fsp3) is 0.733. The van der Waals surface area contributed by atoms with Crippen LogP contribution in [-0.2, 0) is 6.42 Å². The minimum absolute atomic E-state index is 0.224. The van der Waals surface area contributed by atoms with Crippen LogP contribution in [-0.4, -0.2) is 10.2 Å². The number of nitrogens with two attached hydrogens (primary N) is 1. The predicted molar refractivity (Wildman–Crippen MR) is 77.4 cm³/mol. The standard InChI is InChI=1S/C15H26N4/c1-3-14-13(10-11(2)18-19-14)15(17-16)12-8-6-4-5-7-9-12/h10,12,15,17H,3-9,16H2,1-2H3. The first kappa shape index (κ1) is 14.4. The summed E-state index contributed by atoms with van der Waals surface area (Å²) in [6.07, 6.45) is 8.81. The Morgan fingerprint density at radius 3 is 2.53 bits per heavy atom. The van der Waals surface area contributed by atoms with Crippen molar-refractivity contribution in [3.8, 4) is 0 Å². The Bertz CT molecular complexity index is 397. The van der Waals surface area contributed by atoms with Gasteiger partial charge in [0, 0.05) is 0 Å². The highest BCUT2D eigenvalue weighted by molar-refractivity contribution is 5.25. The summed E-state index contributed by atoms with van der Waals surface area (Å²) in [5.41, 5.74) is 6.36. The molecule has 1 aromatic heterocycles. The molecule has 1 fully saturated rings. The highest BCUT2D eigenvalue weighted by atomic mass is 15.2. The number of nitrogens with zero attached hydrogens (tertiary/aromatic N) is 2. The summed E-state index contributed by atoms with van der Waals surface area (Å²) < 4.78 is 0. The van der Waals surface area contributed by atoms with Gasteiger partial charge in [0.1, 0.15) is 0 Å². The monoisotopic (exact) mass is 262 g/mol. The van der Waals surface area contributed by atoms with Gasteiger partial charge in [-0.05, 0) is 43.7 Å². The van der Waals surface area contributed by atoms with Gasteiger partial charge in [-0.1, -0.05) is 32.6 Å². The van der Waals surface area contributed by atoms with Crippen molar-refractivity contribution in [3.05, 3.63) is 23.0 Å².